The van der Waals surface area contributed by atoms with Crippen LogP contribution in [0, 0.1) is 6.92 Å². The monoisotopic (exact) mass is 215 g/mol. The van der Waals surface area contributed by atoms with Crippen LogP contribution >= 0.6 is 0 Å². The summed E-state index contributed by atoms with van der Waals surface area (Å²) in [4.78, 5) is 7.91. The van der Waals surface area contributed by atoms with Gasteiger partial charge in [0.25, 0.3) is 0 Å². The van der Waals surface area contributed by atoms with Crippen LogP contribution in [0.3, 0.4) is 0 Å². The van der Waals surface area contributed by atoms with Gasteiger partial charge in [0, 0.05) is 16.9 Å². The van der Waals surface area contributed by atoms with Crippen LogP contribution in [0.2, 0.25) is 0 Å². The molecule has 16 heavy (non-hydrogen) atoms. The fraction of sp³-hybridized carbons (Fsp3) is 0.308. The molecule has 0 radical (unpaired) electrons. The fourth-order valence-corrected chi connectivity index (χ4v) is 1.80. The van der Waals surface area contributed by atoms with E-state index >= 15 is 0 Å². The van der Waals surface area contributed by atoms with E-state index in [2.05, 4.69) is 23.8 Å². The summed E-state index contributed by atoms with van der Waals surface area (Å²) >= 11 is 0. The molecule has 84 valence electrons. The third-order valence-electron chi connectivity index (χ3n) is 2.63. The summed E-state index contributed by atoms with van der Waals surface area (Å²) in [5.41, 5.74) is 9.88. The van der Waals surface area contributed by atoms with Crippen LogP contribution < -0.4 is 5.73 Å². The number of imidazole rings is 1. The van der Waals surface area contributed by atoms with Gasteiger partial charge in [0.15, 0.2) is 0 Å². The molecule has 0 aliphatic heterocycles. The second-order valence-electron chi connectivity index (χ2n) is 4.03. The van der Waals surface area contributed by atoms with Crippen molar-refractivity contribution in [1.29, 1.82) is 0 Å². The average Bonchev–Trinajstić information content (AvgIpc) is 2.61. The highest BCUT2D eigenvalue weighted by Crippen LogP contribution is 2.20. The van der Waals surface area contributed by atoms with E-state index in [1.807, 2.05) is 24.3 Å². The number of anilines is 1. The maximum atomic E-state index is 5.76. The van der Waals surface area contributed by atoms with Crippen LogP contribution in [0.4, 0.5) is 5.69 Å². The van der Waals surface area contributed by atoms with Gasteiger partial charge in [-0.3, -0.25) is 0 Å². The molecule has 3 N–H and O–H groups in total. The van der Waals surface area contributed by atoms with E-state index in [-0.39, 0.29) is 0 Å². The van der Waals surface area contributed by atoms with E-state index in [0.29, 0.717) is 0 Å². The predicted octanol–water partition coefficient (Wildman–Crippen LogP) is 2.92. The highest BCUT2D eigenvalue weighted by atomic mass is 14.9. The Hall–Kier alpha value is -1.77. The fourth-order valence-electron chi connectivity index (χ4n) is 1.80. The summed E-state index contributed by atoms with van der Waals surface area (Å²) in [6, 6.07) is 7.78. The normalized spacial score (nSPS) is 10.6. The molecular weight excluding hydrogens is 198 g/mol. The Morgan fingerprint density at radius 2 is 2.19 bits per heavy atom. The van der Waals surface area contributed by atoms with Crippen LogP contribution in [-0.4, -0.2) is 9.97 Å². The lowest BCUT2D eigenvalue weighted by Crippen LogP contribution is -1.87. The zero-order valence-corrected chi connectivity index (χ0v) is 9.75. The molecule has 0 saturated carbocycles. The Balaban J connectivity index is 2.37. The molecule has 0 aliphatic carbocycles. The van der Waals surface area contributed by atoms with Crippen LogP contribution in [0.1, 0.15) is 24.7 Å². The van der Waals surface area contributed by atoms with Crippen molar-refractivity contribution >= 4 is 5.69 Å². The number of nitrogens with two attached hydrogens (primary N) is 1. The first-order chi connectivity index (χ1) is 7.70. The van der Waals surface area contributed by atoms with E-state index in [0.717, 1.165) is 41.3 Å². The van der Waals surface area contributed by atoms with E-state index in [1.54, 1.807) is 0 Å². The van der Waals surface area contributed by atoms with Gasteiger partial charge in [-0.1, -0.05) is 25.5 Å². The molecule has 1 aromatic carbocycles. The lowest BCUT2D eigenvalue weighted by molar-refractivity contribution is 0.883. The van der Waals surface area contributed by atoms with Crippen LogP contribution in [-0.2, 0) is 6.42 Å². The summed E-state index contributed by atoms with van der Waals surface area (Å²) in [6.07, 6.45) is 2.13. The molecule has 0 bridgehead atoms. The number of nitrogens with one attached hydrogen (secondary N) is 1. The van der Waals surface area contributed by atoms with E-state index in [9.17, 15) is 0 Å². The Morgan fingerprint density at radius 3 is 2.88 bits per heavy atom. The Labute approximate surface area is 95.7 Å². The number of nitrogens with zero attached hydrogens (tertiary/aromatic N) is 1. The number of aromatic nitrogens is 2. The Morgan fingerprint density at radius 1 is 1.38 bits per heavy atom. The molecule has 0 unspecified atom stereocenters. The molecular formula is C13H17N3. The minimum atomic E-state index is 0.767. The molecule has 0 atom stereocenters. The van der Waals surface area contributed by atoms with Gasteiger partial charge in [-0.15, -0.1) is 0 Å². The lowest BCUT2D eigenvalue weighted by Gasteiger charge is -1.97. The quantitative estimate of drug-likeness (QED) is 0.773. The first kappa shape index (κ1) is 10.7. The number of benzene rings is 1. The summed E-state index contributed by atoms with van der Waals surface area (Å²) in [6.45, 7) is 4.22. The molecule has 0 amide bonds. The van der Waals surface area contributed by atoms with Gasteiger partial charge in [-0.05, 0) is 25.5 Å². The highest BCUT2D eigenvalue weighted by Gasteiger charge is 2.07. The minimum absolute atomic E-state index is 0.767. The largest absolute Gasteiger partial charge is 0.399 e. The number of hydrogen-bond acceptors (Lipinski definition) is 2. The van der Waals surface area contributed by atoms with E-state index in [1.165, 1.54) is 0 Å². The maximum Gasteiger partial charge on any atom is 0.137 e. The van der Waals surface area contributed by atoms with Gasteiger partial charge in [-0.2, -0.15) is 0 Å². The minimum Gasteiger partial charge on any atom is -0.399 e. The van der Waals surface area contributed by atoms with Crippen molar-refractivity contribution in [3.8, 4) is 11.4 Å². The van der Waals surface area contributed by atoms with Crippen LogP contribution in [0.15, 0.2) is 24.3 Å². The van der Waals surface area contributed by atoms with Crippen molar-refractivity contribution in [2.24, 2.45) is 0 Å². The Bertz CT molecular complexity index is 486. The molecule has 0 saturated heterocycles. The molecule has 1 aromatic heterocycles. The number of aromatic amines is 1. The molecule has 0 fully saturated rings. The number of aryl methyl sites for hydroxylation is 2. The smallest absolute Gasteiger partial charge is 0.137 e. The van der Waals surface area contributed by atoms with Gasteiger partial charge in [-0.25, -0.2) is 4.98 Å². The number of H-pyrrole nitrogens is 1. The molecule has 3 heteroatoms. The summed E-state index contributed by atoms with van der Waals surface area (Å²) < 4.78 is 0. The van der Waals surface area contributed by atoms with Crippen molar-refractivity contribution in [2.75, 3.05) is 5.73 Å². The van der Waals surface area contributed by atoms with E-state index in [4.69, 9.17) is 5.73 Å². The van der Waals surface area contributed by atoms with Gasteiger partial charge in [0.1, 0.15) is 5.82 Å². The van der Waals surface area contributed by atoms with Gasteiger partial charge in [0.05, 0.1) is 5.69 Å². The van der Waals surface area contributed by atoms with Crippen molar-refractivity contribution in [2.45, 2.75) is 26.7 Å². The van der Waals surface area contributed by atoms with Crippen molar-refractivity contribution < 1.29 is 0 Å². The number of nitrogen functional groups attached to an aromatic ring is 1. The summed E-state index contributed by atoms with van der Waals surface area (Å²) in [5, 5.41) is 0. The predicted molar refractivity (Wildman–Crippen MR) is 67.2 cm³/mol. The summed E-state index contributed by atoms with van der Waals surface area (Å²) in [7, 11) is 0. The van der Waals surface area contributed by atoms with E-state index < -0.39 is 0 Å². The summed E-state index contributed by atoms with van der Waals surface area (Å²) in [5.74, 6) is 0.910. The van der Waals surface area contributed by atoms with Gasteiger partial charge < -0.3 is 10.7 Å². The SMILES string of the molecule is CCCc1nc(-c2cccc(N)c2)[nH]c1C. The van der Waals surface area contributed by atoms with Gasteiger partial charge in [0.2, 0.25) is 0 Å². The zero-order chi connectivity index (χ0) is 11.5. The van der Waals surface area contributed by atoms with Crippen LogP contribution in [0.25, 0.3) is 11.4 Å². The average molecular weight is 215 g/mol. The third-order valence-corrected chi connectivity index (χ3v) is 2.63. The number of hydrogen-bond donors (Lipinski definition) is 2. The van der Waals surface area contributed by atoms with Crippen molar-refractivity contribution in [3.05, 3.63) is 35.7 Å². The van der Waals surface area contributed by atoms with Crippen molar-refractivity contribution in [3.63, 3.8) is 0 Å². The first-order valence-corrected chi connectivity index (χ1v) is 5.62. The molecule has 0 aliphatic rings. The third kappa shape index (κ3) is 2.08. The molecule has 2 aromatic rings. The number of rotatable bonds is 3. The second kappa shape index (κ2) is 4.39. The van der Waals surface area contributed by atoms with Gasteiger partial charge >= 0.3 is 0 Å². The molecule has 1 heterocycles. The zero-order valence-electron chi connectivity index (χ0n) is 9.75. The highest BCUT2D eigenvalue weighted by molar-refractivity contribution is 5.61. The molecule has 0 spiro atoms. The Kier molecular flexibility index (Phi) is 2.95. The molecule has 3 nitrogen and oxygen atoms in total. The van der Waals surface area contributed by atoms with Crippen molar-refractivity contribution in [1.82, 2.24) is 9.97 Å². The topological polar surface area (TPSA) is 54.7 Å². The first-order valence-electron chi connectivity index (χ1n) is 5.62. The lowest BCUT2D eigenvalue weighted by atomic mass is 10.2. The van der Waals surface area contributed by atoms with Crippen LogP contribution in [0.5, 0.6) is 0 Å². The standard InChI is InChI=1S/C13H17N3/c1-3-5-12-9(2)15-13(16-12)10-6-4-7-11(14)8-10/h4,6-8H,3,5,14H2,1-2H3,(H,15,16). The molecule has 2 rings (SSSR count). The maximum absolute atomic E-state index is 5.76. The second-order valence-corrected chi connectivity index (χ2v) is 4.03.